The number of fused-ring (bicyclic) bond motifs is 1. The second-order valence-corrected chi connectivity index (χ2v) is 14.8. The average molecular weight is 873 g/mol. The van der Waals surface area contributed by atoms with Gasteiger partial charge in [0, 0.05) is 31.4 Å². The molecule has 0 aliphatic heterocycles. The Morgan fingerprint density at radius 2 is 1.52 bits per heavy atom. The molecule has 0 unspecified atom stereocenters. The van der Waals surface area contributed by atoms with Crippen LogP contribution in [0.4, 0.5) is 5.69 Å². The van der Waals surface area contributed by atoms with Crippen molar-refractivity contribution < 1.29 is 47.6 Å². The fraction of sp³-hybridized carbons (Fsp3) is 0.432. The maximum absolute atomic E-state index is 12.9. The summed E-state index contributed by atoms with van der Waals surface area (Å²) in [6.45, 7) is 7.14. The van der Waals surface area contributed by atoms with E-state index < -0.39 is 30.0 Å². The third-order valence-electron chi connectivity index (χ3n) is 9.28. The van der Waals surface area contributed by atoms with Crippen LogP contribution < -0.4 is 32.0 Å². The molecule has 19 nitrogen and oxygen atoms in total. The molecule has 2 aromatic carbocycles. The number of aromatic nitrogens is 4. The van der Waals surface area contributed by atoms with Crippen LogP contribution in [-0.4, -0.2) is 127 Å². The number of aliphatic hydroxyl groups is 1. The maximum Gasteiger partial charge on any atom is 0.274 e. The van der Waals surface area contributed by atoms with Crippen LogP contribution in [0.1, 0.15) is 36.3 Å². The number of carbonyl (C=O) groups is 3. The molecule has 0 aliphatic carbocycles. The number of nitrogens with zero attached hydrogens (tertiary/aromatic N) is 4. The van der Waals surface area contributed by atoms with Gasteiger partial charge in [-0.05, 0) is 60.7 Å². The number of nitrogens with two attached hydrogens (primary N) is 1. The molecule has 0 saturated carbocycles. The summed E-state index contributed by atoms with van der Waals surface area (Å²) in [5.41, 5.74) is 8.84. The lowest BCUT2D eigenvalue weighted by molar-refractivity contribution is -0.135. The quantitative estimate of drug-likeness (QED) is 0.0475. The van der Waals surface area contributed by atoms with Crippen LogP contribution in [-0.2, 0) is 42.0 Å². The second kappa shape index (κ2) is 25.1. The molecule has 0 fully saturated rings. The molecule has 3 atom stereocenters. The van der Waals surface area contributed by atoms with E-state index in [2.05, 4.69) is 31.0 Å². The van der Waals surface area contributed by atoms with Crippen LogP contribution in [0.3, 0.4) is 0 Å². The minimum Gasteiger partial charge on any atom is -0.490 e. The van der Waals surface area contributed by atoms with Gasteiger partial charge in [-0.2, -0.15) is 5.10 Å². The number of hydrogen-bond donors (Lipinski definition) is 5. The zero-order valence-corrected chi connectivity index (χ0v) is 35.7. The molecule has 3 heterocycles. The van der Waals surface area contributed by atoms with E-state index in [9.17, 15) is 24.3 Å². The van der Waals surface area contributed by atoms with Crippen molar-refractivity contribution in [1.82, 2.24) is 30.4 Å². The number of pyridine rings is 1. The van der Waals surface area contributed by atoms with E-state index in [4.69, 9.17) is 33.8 Å². The number of aliphatic hydroxyl groups excluding tert-OH is 1. The number of anilines is 1. The average Bonchev–Trinajstić information content (AvgIpc) is 3.70. The first-order chi connectivity index (χ1) is 30.5. The van der Waals surface area contributed by atoms with Gasteiger partial charge in [-0.15, -0.1) is 0 Å². The van der Waals surface area contributed by atoms with Crippen molar-refractivity contribution >= 4 is 34.5 Å². The van der Waals surface area contributed by atoms with Gasteiger partial charge in [0.25, 0.3) is 17.4 Å². The van der Waals surface area contributed by atoms with Crippen LogP contribution >= 0.6 is 0 Å². The van der Waals surface area contributed by atoms with Crippen molar-refractivity contribution in [2.24, 2.45) is 18.7 Å². The Bertz CT molecular complexity index is 2250. The number of carbonyl (C=O) groups excluding carboxylic acids is 3. The number of hydrogen-bond acceptors (Lipinski definition) is 15. The van der Waals surface area contributed by atoms with Crippen LogP contribution in [0, 0.1) is 5.92 Å². The Hall–Kier alpha value is -6.09. The summed E-state index contributed by atoms with van der Waals surface area (Å²) >= 11 is 0. The van der Waals surface area contributed by atoms with Gasteiger partial charge in [0.2, 0.25) is 11.8 Å². The summed E-state index contributed by atoms with van der Waals surface area (Å²) in [4.78, 5) is 58.7. The van der Waals surface area contributed by atoms with E-state index in [-0.39, 0.29) is 48.7 Å². The fourth-order valence-electron chi connectivity index (χ4n) is 6.03. The van der Waals surface area contributed by atoms with E-state index >= 15 is 0 Å². The molecule has 5 rings (SSSR count). The normalized spacial score (nSPS) is 12.8. The summed E-state index contributed by atoms with van der Waals surface area (Å²) in [6.07, 6.45) is 0.709. The molecule has 3 amide bonds. The number of benzene rings is 2. The maximum atomic E-state index is 12.9. The zero-order valence-electron chi connectivity index (χ0n) is 35.7. The molecule has 0 bridgehead atoms. The monoisotopic (exact) mass is 872 g/mol. The van der Waals surface area contributed by atoms with Gasteiger partial charge in [0.1, 0.15) is 41.4 Å². The van der Waals surface area contributed by atoms with E-state index in [0.717, 1.165) is 5.56 Å². The number of rotatable bonds is 27. The summed E-state index contributed by atoms with van der Waals surface area (Å²) in [6, 6.07) is 18.8. The van der Waals surface area contributed by atoms with E-state index in [0.29, 0.717) is 87.3 Å². The van der Waals surface area contributed by atoms with Crippen molar-refractivity contribution in [3.8, 4) is 17.3 Å². The molecule has 3 aromatic heterocycles. The summed E-state index contributed by atoms with van der Waals surface area (Å²) < 4.78 is 34.8. The third kappa shape index (κ3) is 16.0. The van der Waals surface area contributed by atoms with Crippen LogP contribution in [0.5, 0.6) is 5.75 Å². The van der Waals surface area contributed by atoms with Crippen molar-refractivity contribution in [3.63, 3.8) is 0 Å². The Balaban J connectivity index is 0.850. The van der Waals surface area contributed by atoms with Crippen molar-refractivity contribution in [2.75, 3.05) is 71.3 Å². The van der Waals surface area contributed by atoms with Gasteiger partial charge in [-0.25, -0.2) is 14.6 Å². The first-order valence-electron chi connectivity index (χ1n) is 20.7. The molecule has 19 heteroatoms. The molecule has 0 saturated heterocycles. The predicted octanol–water partition coefficient (Wildman–Crippen LogP) is 2.26. The van der Waals surface area contributed by atoms with E-state index in [1.54, 1.807) is 30.3 Å². The lowest BCUT2D eigenvalue weighted by atomic mass is 10.00. The van der Waals surface area contributed by atoms with Crippen LogP contribution in [0.2, 0.25) is 0 Å². The molecule has 0 radical (unpaired) electrons. The lowest BCUT2D eigenvalue weighted by Gasteiger charge is -2.24. The fourth-order valence-corrected chi connectivity index (χ4v) is 6.03. The topological polar surface area (TPSA) is 254 Å². The summed E-state index contributed by atoms with van der Waals surface area (Å²) in [7, 11) is 1.54. The minimum absolute atomic E-state index is 0.120. The van der Waals surface area contributed by atoms with Gasteiger partial charge in [0.15, 0.2) is 5.58 Å². The predicted molar refractivity (Wildman–Crippen MR) is 232 cm³/mol. The van der Waals surface area contributed by atoms with Crippen molar-refractivity contribution in [1.29, 1.82) is 0 Å². The first kappa shape index (κ1) is 48.0. The number of aryl methyl sites for hydroxylation is 1. The van der Waals surface area contributed by atoms with Gasteiger partial charge in [-0.3, -0.25) is 19.2 Å². The summed E-state index contributed by atoms with van der Waals surface area (Å²) in [5.74, 6) is -0.615. The van der Waals surface area contributed by atoms with E-state index in [1.165, 1.54) is 30.1 Å². The Labute approximate surface area is 364 Å². The molecular formula is C44H56N8O11. The molecule has 6 N–H and O–H groups in total. The number of nitrogens with one attached hydrogen (secondary N) is 3. The first-order valence-corrected chi connectivity index (χ1v) is 20.7. The highest BCUT2D eigenvalue weighted by atomic mass is 16.6. The molecule has 0 spiro atoms. The largest absolute Gasteiger partial charge is 0.490 e. The van der Waals surface area contributed by atoms with Crippen molar-refractivity contribution in [3.05, 3.63) is 101 Å². The van der Waals surface area contributed by atoms with Gasteiger partial charge in [0.05, 0.1) is 59.1 Å². The molecular weight excluding hydrogens is 817 g/mol. The molecule has 5 aromatic rings. The number of amides is 3. The number of ether oxygens (including phenoxy) is 5. The Morgan fingerprint density at radius 3 is 2.17 bits per heavy atom. The summed E-state index contributed by atoms with van der Waals surface area (Å²) in [5, 5.41) is 22.9. The Kier molecular flexibility index (Phi) is 19.1. The van der Waals surface area contributed by atoms with Gasteiger partial charge < -0.3 is 54.9 Å². The van der Waals surface area contributed by atoms with Gasteiger partial charge in [-0.1, -0.05) is 44.2 Å². The zero-order chi connectivity index (χ0) is 45.0. The van der Waals surface area contributed by atoms with Crippen LogP contribution in [0.25, 0.3) is 22.7 Å². The lowest BCUT2D eigenvalue weighted by Crippen LogP contribution is -2.54. The SMILES string of the molecule is CC(C)C[C@H](NC(=O)[C@@H](O)[C@H](N)Cc1ccccc1)C(=O)NCCOCCOCCOCCOCCOc1ccc(C(=O)Nc2ccc3oc(-c4ccc(=O)n(C)n4)nc3c2)nc1. The van der Waals surface area contributed by atoms with Crippen LogP contribution in [0.15, 0.2) is 88.2 Å². The standard InChI is InChI=1S/C44H56N8O11/c1-29(2)25-37(49-43(57)40(54)33(45)26-30-7-5-4-6-8-30)41(55)46-15-16-58-17-18-59-19-20-60-21-22-61-23-24-62-32-10-11-34(47-28-32)42(56)48-31-9-13-38-36(27-31)50-44(63-38)35-12-14-39(53)52(3)51-35/h4-14,27-29,33,37,40,54H,15-26,45H2,1-3H3,(H,46,55)(H,48,56)(H,49,57)/t33-,37+,40+/m1/s1. The highest BCUT2D eigenvalue weighted by Crippen LogP contribution is 2.25. The highest BCUT2D eigenvalue weighted by Gasteiger charge is 2.28. The smallest absolute Gasteiger partial charge is 0.274 e. The number of oxazole rings is 1. The third-order valence-corrected chi connectivity index (χ3v) is 9.28. The molecule has 63 heavy (non-hydrogen) atoms. The Morgan fingerprint density at radius 1 is 0.841 bits per heavy atom. The van der Waals surface area contributed by atoms with E-state index in [1.807, 2.05) is 44.2 Å². The second-order valence-electron chi connectivity index (χ2n) is 14.8. The minimum atomic E-state index is -1.46. The van der Waals surface area contributed by atoms with Gasteiger partial charge >= 0.3 is 0 Å². The molecule has 338 valence electrons. The van der Waals surface area contributed by atoms with Crippen molar-refractivity contribution in [2.45, 2.75) is 44.9 Å². The highest BCUT2D eigenvalue weighted by molar-refractivity contribution is 6.03. The molecule has 0 aliphatic rings.